The van der Waals surface area contributed by atoms with Crippen LogP contribution in [-0.2, 0) is 13.0 Å². The Morgan fingerprint density at radius 1 is 1.26 bits per heavy atom. The van der Waals surface area contributed by atoms with Gasteiger partial charge in [-0.2, -0.15) is 0 Å². The number of rotatable bonds is 3. The number of aromatic amines is 1. The Bertz CT molecular complexity index is 492. The summed E-state index contributed by atoms with van der Waals surface area (Å²) in [5, 5.41) is 9.33. The van der Waals surface area contributed by atoms with Gasteiger partial charge in [0, 0.05) is 30.4 Å². The zero-order valence-corrected chi connectivity index (χ0v) is 12.1. The van der Waals surface area contributed by atoms with Crippen molar-refractivity contribution in [2.75, 3.05) is 14.1 Å². The van der Waals surface area contributed by atoms with Gasteiger partial charge in [0.15, 0.2) is 0 Å². The number of para-hydroxylation sites is 1. The van der Waals surface area contributed by atoms with Crippen LogP contribution in [0.25, 0.3) is 0 Å². The largest absolute Gasteiger partial charge is 0.508 e. The molecule has 4 nitrogen and oxygen atoms in total. The number of benzene rings is 1. The minimum atomic E-state index is 0.376. The second kappa shape index (κ2) is 7.59. The number of nitrogens with zero attached hydrogens (tertiary/aromatic N) is 2. The number of hydrogen-bond donors (Lipinski definition) is 2. The summed E-state index contributed by atoms with van der Waals surface area (Å²) < 4.78 is 0. The fraction of sp³-hybridized carbons (Fsp3) is 0.400. The lowest BCUT2D eigenvalue weighted by Crippen LogP contribution is -2.10. The fourth-order valence-corrected chi connectivity index (χ4v) is 1.63. The second-order valence-corrected chi connectivity index (χ2v) is 4.73. The molecule has 2 rings (SSSR count). The van der Waals surface area contributed by atoms with Crippen LogP contribution in [0.5, 0.6) is 5.75 Å². The summed E-state index contributed by atoms with van der Waals surface area (Å²) in [6.07, 6.45) is 2.84. The highest BCUT2D eigenvalue weighted by Gasteiger charge is 1.99. The molecular formula is C15H23N3O. The summed E-state index contributed by atoms with van der Waals surface area (Å²) in [4.78, 5) is 9.22. The highest BCUT2D eigenvalue weighted by atomic mass is 16.3. The summed E-state index contributed by atoms with van der Waals surface area (Å²) in [7, 11) is 3.96. The van der Waals surface area contributed by atoms with Crippen molar-refractivity contribution in [1.29, 1.82) is 0 Å². The summed E-state index contributed by atoms with van der Waals surface area (Å²) in [6.45, 7) is 4.87. The van der Waals surface area contributed by atoms with Crippen LogP contribution < -0.4 is 0 Å². The number of aromatic nitrogens is 2. The molecule has 0 aliphatic heterocycles. The van der Waals surface area contributed by atoms with E-state index in [1.807, 2.05) is 50.3 Å². The zero-order chi connectivity index (χ0) is 14.3. The summed E-state index contributed by atoms with van der Waals surface area (Å²) >= 11 is 0. The molecule has 0 saturated heterocycles. The number of hydrogen-bond acceptors (Lipinski definition) is 3. The van der Waals surface area contributed by atoms with Crippen LogP contribution in [0.15, 0.2) is 30.5 Å². The molecule has 1 heterocycles. The number of aromatic hydroxyl groups is 1. The number of H-pyrrole nitrogens is 1. The number of aryl methyl sites for hydroxylation is 2. The van der Waals surface area contributed by atoms with E-state index >= 15 is 0 Å². The Morgan fingerprint density at radius 2 is 1.95 bits per heavy atom. The molecule has 0 saturated carbocycles. The maximum absolute atomic E-state index is 9.33. The third-order valence-corrected chi connectivity index (χ3v) is 2.57. The predicted octanol–water partition coefficient (Wildman–Crippen LogP) is 2.73. The van der Waals surface area contributed by atoms with E-state index in [0.717, 1.165) is 30.0 Å². The average molecular weight is 261 g/mol. The van der Waals surface area contributed by atoms with Gasteiger partial charge in [-0.15, -0.1) is 0 Å². The van der Waals surface area contributed by atoms with Crippen LogP contribution >= 0.6 is 0 Å². The lowest BCUT2D eigenvalue weighted by atomic mass is 10.2. The van der Waals surface area contributed by atoms with Crippen molar-refractivity contribution >= 4 is 0 Å². The Kier molecular flexibility index (Phi) is 6.09. The van der Waals surface area contributed by atoms with E-state index in [4.69, 9.17) is 0 Å². The maximum Gasteiger partial charge on any atom is 0.120 e. The van der Waals surface area contributed by atoms with Crippen LogP contribution in [0.1, 0.15) is 24.0 Å². The quantitative estimate of drug-likeness (QED) is 0.893. The van der Waals surface area contributed by atoms with Crippen molar-refractivity contribution in [2.24, 2.45) is 0 Å². The monoisotopic (exact) mass is 261 g/mol. The first-order valence-corrected chi connectivity index (χ1v) is 6.45. The third kappa shape index (κ3) is 5.57. The minimum absolute atomic E-state index is 0.376. The first-order valence-electron chi connectivity index (χ1n) is 6.45. The van der Waals surface area contributed by atoms with Crippen molar-refractivity contribution in [1.82, 2.24) is 14.9 Å². The summed E-state index contributed by atoms with van der Waals surface area (Å²) in [6, 6.07) is 7.39. The molecule has 0 radical (unpaired) electrons. The van der Waals surface area contributed by atoms with E-state index in [1.54, 1.807) is 6.07 Å². The van der Waals surface area contributed by atoms with Gasteiger partial charge in [-0.1, -0.05) is 25.1 Å². The van der Waals surface area contributed by atoms with E-state index in [9.17, 15) is 5.11 Å². The van der Waals surface area contributed by atoms with Crippen molar-refractivity contribution < 1.29 is 5.11 Å². The van der Waals surface area contributed by atoms with Gasteiger partial charge in [0.1, 0.15) is 11.6 Å². The maximum atomic E-state index is 9.33. The molecule has 0 unspecified atom stereocenters. The smallest absolute Gasteiger partial charge is 0.120 e. The van der Waals surface area contributed by atoms with E-state index in [1.165, 1.54) is 0 Å². The van der Waals surface area contributed by atoms with E-state index in [0.29, 0.717) is 5.75 Å². The van der Waals surface area contributed by atoms with Gasteiger partial charge >= 0.3 is 0 Å². The standard InChI is InChI=1S/C9H13NO.C6H10N2/c1-10(2)7-8-5-3-4-6-9(8)11;1-3-6-7-4-5(2)8-6/h3-6,11H,7H2,1-2H3;4H,3H2,1-2H3,(H,7,8). The number of nitrogens with one attached hydrogen (secondary N) is 1. The van der Waals surface area contributed by atoms with Gasteiger partial charge in [0.25, 0.3) is 0 Å². The molecule has 0 spiro atoms. The number of imidazole rings is 1. The van der Waals surface area contributed by atoms with Crippen LogP contribution in [0.2, 0.25) is 0 Å². The first kappa shape index (κ1) is 15.2. The molecule has 1 aromatic carbocycles. The van der Waals surface area contributed by atoms with Gasteiger partial charge in [0.2, 0.25) is 0 Å². The van der Waals surface area contributed by atoms with Crippen LogP contribution in [0.3, 0.4) is 0 Å². The molecule has 2 N–H and O–H groups in total. The molecular weight excluding hydrogens is 238 g/mol. The highest BCUT2D eigenvalue weighted by molar-refractivity contribution is 5.31. The third-order valence-electron chi connectivity index (χ3n) is 2.57. The second-order valence-electron chi connectivity index (χ2n) is 4.73. The van der Waals surface area contributed by atoms with Gasteiger partial charge in [0.05, 0.1) is 0 Å². The summed E-state index contributed by atoms with van der Waals surface area (Å²) in [5.41, 5.74) is 2.11. The fourth-order valence-electron chi connectivity index (χ4n) is 1.63. The molecule has 19 heavy (non-hydrogen) atoms. The zero-order valence-electron chi connectivity index (χ0n) is 12.1. The van der Waals surface area contributed by atoms with Gasteiger partial charge in [-0.05, 0) is 27.1 Å². The molecule has 0 fully saturated rings. The van der Waals surface area contributed by atoms with Crippen LogP contribution in [-0.4, -0.2) is 34.1 Å². The lowest BCUT2D eigenvalue weighted by molar-refractivity contribution is 0.386. The van der Waals surface area contributed by atoms with E-state index in [-0.39, 0.29) is 0 Å². The lowest BCUT2D eigenvalue weighted by Gasteiger charge is -2.10. The predicted molar refractivity (Wildman–Crippen MR) is 78.2 cm³/mol. The number of phenolic OH excluding ortho intramolecular Hbond substituents is 1. The molecule has 0 aliphatic rings. The van der Waals surface area contributed by atoms with E-state index in [2.05, 4.69) is 16.9 Å². The SMILES string of the molecule is CCc1ncc(C)[nH]1.CN(C)Cc1ccccc1O. The van der Waals surface area contributed by atoms with Crippen molar-refractivity contribution in [3.63, 3.8) is 0 Å². The molecule has 0 bridgehead atoms. The van der Waals surface area contributed by atoms with Gasteiger partial charge < -0.3 is 15.0 Å². The van der Waals surface area contributed by atoms with Crippen molar-refractivity contribution in [3.05, 3.63) is 47.5 Å². The first-order chi connectivity index (χ1) is 9.02. The normalized spacial score (nSPS) is 10.2. The molecule has 0 aliphatic carbocycles. The Labute approximate surface area is 115 Å². The molecule has 1 aromatic heterocycles. The van der Waals surface area contributed by atoms with Crippen molar-refractivity contribution in [2.45, 2.75) is 26.8 Å². The summed E-state index contributed by atoms with van der Waals surface area (Å²) in [5.74, 6) is 1.45. The molecule has 4 heteroatoms. The Balaban J connectivity index is 0.000000200. The van der Waals surface area contributed by atoms with E-state index < -0.39 is 0 Å². The average Bonchev–Trinajstić information content (AvgIpc) is 2.78. The molecule has 0 amide bonds. The highest BCUT2D eigenvalue weighted by Crippen LogP contribution is 2.16. The van der Waals surface area contributed by atoms with Crippen molar-refractivity contribution in [3.8, 4) is 5.75 Å². The van der Waals surface area contributed by atoms with Crippen LogP contribution in [0, 0.1) is 6.92 Å². The number of phenols is 1. The molecule has 2 aromatic rings. The van der Waals surface area contributed by atoms with Gasteiger partial charge in [-0.3, -0.25) is 0 Å². The van der Waals surface area contributed by atoms with Crippen LogP contribution in [0.4, 0.5) is 0 Å². The topological polar surface area (TPSA) is 52.2 Å². The molecule has 0 atom stereocenters. The Hall–Kier alpha value is -1.81. The molecule has 104 valence electrons. The Morgan fingerprint density at radius 3 is 2.37 bits per heavy atom. The minimum Gasteiger partial charge on any atom is -0.508 e. The van der Waals surface area contributed by atoms with Gasteiger partial charge in [-0.25, -0.2) is 4.98 Å².